The topological polar surface area (TPSA) is 47.6 Å². The Morgan fingerprint density at radius 3 is 2.58 bits per heavy atom. The Bertz CT molecular complexity index is 264. The molecule has 4 nitrogen and oxygen atoms in total. The van der Waals surface area contributed by atoms with Crippen molar-refractivity contribution in [1.29, 1.82) is 0 Å². The van der Waals surface area contributed by atoms with Crippen molar-refractivity contribution < 1.29 is 14.3 Å². The summed E-state index contributed by atoms with van der Waals surface area (Å²) in [5.74, 6) is -0.168. The fourth-order valence-corrected chi connectivity index (χ4v) is 2.44. The largest absolute Gasteiger partial charge is 0.465 e. The summed E-state index contributed by atoms with van der Waals surface area (Å²) in [6.45, 7) is 7.71. The lowest BCUT2D eigenvalue weighted by Crippen LogP contribution is -2.51. The van der Waals surface area contributed by atoms with E-state index in [2.05, 4.69) is 12.2 Å². The van der Waals surface area contributed by atoms with Gasteiger partial charge in [-0.3, -0.25) is 4.79 Å². The normalized spacial score (nSPS) is 19.3. The van der Waals surface area contributed by atoms with E-state index in [1.54, 1.807) is 0 Å². The van der Waals surface area contributed by atoms with Gasteiger partial charge in [-0.2, -0.15) is 0 Å². The van der Waals surface area contributed by atoms with Crippen LogP contribution >= 0.6 is 0 Å². The molecule has 0 aromatic heterocycles. The number of rotatable bonds is 9. The van der Waals surface area contributed by atoms with E-state index < -0.39 is 5.54 Å². The zero-order chi connectivity index (χ0) is 14.1. The maximum atomic E-state index is 12.1. The summed E-state index contributed by atoms with van der Waals surface area (Å²) in [7, 11) is 0. The van der Waals surface area contributed by atoms with Gasteiger partial charge in [-0.25, -0.2) is 0 Å². The molecule has 0 aromatic rings. The Balaban J connectivity index is 2.40. The van der Waals surface area contributed by atoms with E-state index in [0.29, 0.717) is 25.7 Å². The molecule has 1 fully saturated rings. The second-order valence-electron chi connectivity index (χ2n) is 5.51. The van der Waals surface area contributed by atoms with Gasteiger partial charge in [0, 0.05) is 6.61 Å². The molecule has 1 rings (SSSR count). The van der Waals surface area contributed by atoms with Gasteiger partial charge in [-0.1, -0.05) is 19.8 Å². The highest BCUT2D eigenvalue weighted by atomic mass is 16.5. The van der Waals surface area contributed by atoms with E-state index in [0.717, 1.165) is 13.0 Å². The maximum absolute atomic E-state index is 12.1. The van der Waals surface area contributed by atoms with Crippen LogP contribution in [0.3, 0.4) is 0 Å². The molecule has 4 heteroatoms. The van der Waals surface area contributed by atoms with Crippen LogP contribution in [0.2, 0.25) is 0 Å². The van der Waals surface area contributed by atoms with Crippen molar-refractivity contribution in [2.24, 2.45) is 0 Å². The van der Waals surface area contributed by atoms with E-state index in [9.17, 15) is 4.79 Å². The summed E-state index contributed by atoms with van der Waals surface area (Å²) in [6, 6.07) is 0. The quantitative estimate of drug-likeness (QED) is 0.655. The van der Waals surface area contributed by atoms with Gasteiger partial charge >= 0.3 is 5.97 Å². The van der Waals surface area contributed by atoms with Crippen molar-refractivity contribution >= 4 is 5.97 Å². The smallest absolute Gasteiger partial charge is 0.326 e. The van der Waals surface area contributed by atoms with Gasteiger partial charge < -0.3 is 14.8 Å². The Hall–Kier alpha value is -0.610. The SMILES string of the molecule is CCCNC(C)(CCOC1CCCC1)C(=O)OCC. The first-order valence-electron chi connectivity index (χ1n) is 7.66. The fraction of sp³-hybridized carbons (Fsp3) is 0.933. The van der Waals surface area contributed by atoms with Gasteiger partial charge in [-0.05, 0) is 46.1 Å². The molecule has 0 saturated heterocycles. The summed E-state index contributed by atoms with van der Waals surface area (Å²) in [4.78, 5) is 12.1. The highest BCUT2D eigenvalue weighted by molar-refractivity contribution is 5.80. The molecule has 0 bridgehead atoms. The number of ether oxygens (including phenoxy) is 2. The van der Waals surface area contributed by atoms with Gasteiger partial charge in [0.25, 0.3) is 0 Å². The summed E-state index contributed by atoms with van der Waals surface area (Å²) < 4.78 is 11.0. The molecule has 112 valence electrons. The molecular formula is C15H29NO3. The number of esters is 1. The number of carbonyl (C=O) groups excluding carboxylic acids is 1. The van der Waals surface area contributed by atoms with Crippen LogP contribution in [-0.4, -0.2) is 37.4 Å². The minimum absolute atomic E-state index is 0.168. The van der Waals surface area contributed by atoms with Crippen LogP contribution in [0.5, 0.6) is 0 Å². The molecule has 1 atom stereocenters. The molecule has 0 aliphatic heterocycles. The van der Waals surface area contributed by atoms with Crippen molar-refractivity contribution in [3.8, 4) is 0 Å². The molecule has 1 aliphatic carbocycles. The second kappa shape index (κ2) is 8.54. The molecule has 0 radical (unpaired) electrons. The van der Waals surface area contributed by atoms with Gasteiger partial charge in [-0.15, -0.1) is 0 Å². The van der Waals surface area contributed by atoms with E-state index >= 15 is 0 Å². The zero-order valence-corrected chi connectivity index (χ0v) is 12.7. The lowest BCUT2D eigenvalue weighted by Gasteiger charge is -2.29. The molecule has 1 unspecified atom stereocenters. The van der Waals surface area contributed by atoms with Crippen molar-refractivity contribution in [2.75, 3.05) is 19.8 Å². The first kappa shape index (κ1) is 16.4. The van der Waals surface area contributed by atoms with Crippen molar-refractivity contribution in [3.05, 3.63) is 0 Å². The first-order valence-corrected chi connectivity index (χ1v) is 7.66. The fourth-order valence-electron chi connectivity index (χ4n) is 2.44. The summed E-state index contributed by atoms with van der Waals surface area (Å²) in [6.07, 6.45) is 6.94. The Morgan fingerprint density at radius 2 is 2.00 bits per heavy atom. The number of hydrogen-bond acceptors (Lipinski definition) is 4. The Kier molecular flexibility index (Phi) is 7.39. The predicted octanol–water partition coefficient (Wildman–Crippen LogP) is 2.66. The summed E-state index contributed by atoms with van der Waals surface area (Å²) in [5.41, 5.74) is -0.620. The van der Waals surface area contributed by atoms with Crippen LogP contribution < -0.4 is 5.32 Å². The average molecular weight is 271 g/mol. The highest BCUT2D eigenvalue weighted by Crippen LogP contribution is 2.22. The highest BCUT2D eigenvalue weighted by Gasteiger charge is 2.34. The second-order valence-corrected chi connectivity index (χ2v) is 5.51. The minimum atomic E-state index is -0.620. The number of hydrogen-bond donors (Lipinski definition) is 1. The third-order valence-corrected chi connectivity index (χ3v) is 3.75. The van der Waals surface area contributed by atoms with E-state index in [1.807, 2.05) is 13.8 Å². The summed E-state index contributed by atoms with van der Waals surface area (Å²) in [5, 5.41) is 3.30. The molecule has 1 aliphatic rings. The molecule has 0 spiro atoms. The van der Waals surface area contributed by atoms with Crippen LogP contribution in [0.25, 0.3) is 0 Å². The van der Waals surface area contributed by atoms with Crippen molar-refractivity contribution in [1.82, 2.24) is 5.32 Å². The Morgan fingerprint density at radius 1 is 1.32 bits per heavy atom. The zero-order valence-electron chi connectivity index (χ0n) is 12.7. The third kappa shape index (κ3) is 5.49. The third-order valence-electron chi connectivity index (χ3n) is 3.75. The first-order chi connectivity index (χ1) is 9.12. The van der Waals surface area contributed by atoms with Gasteiger partial charge in [0.05, 0.1) is 12.7 Å². The molecule has 19 heavy (non-hydrogen) atoms. The average Bonchev–Trinajstić information content (AvgIpc) is 2.90. The van der Waals surface area contributed by atoms with Crippen LogP contribution in [0.1, 0.15) is 59.3 Å². The van der Waals surface area contributed by atoms with Gasteiger partial charge in [0.2, 0.25) is 0 Å². The van der Waals surface area contributed by atoms with Crippen LogP contribution in [0.4, 0.5) is 0 Å². The van der Waals surface area contributed by atoms with E-state index in [1.165, 1.54) is 25.7 Å². The van der Waals surface area contributed by atoms with Crippen molar-refractivity contribution in [3.63, 3.8) is 0 Å². The minimum Gasteiger partial charge on any atom is -0.465 e. The maximum Gasteiger partial charge on any atom is 0.326 e. The predicted molar refractivity (Wildman–Crippen MR) is 76.2 cm³/mol. The molecule has 0 aromatic carbocycles. The van der Waals surface area contributed by atoms with E-state index in [-0.39, 0.29) is 5.97 Å². The monoisotopic (exact) mass is 271 g/mol. The lowest BCUT2D eigenvalue weighted by molar-refractivity contribution is -0.151. The summed E-state index contributed by atoms with van der Waals surface area (Å²) >= 11 is 0. The van der Waals surface area contributed by atoms with Crippen molar-refractivity contribution in [2.45, 2.75) is 70.9 Å². The Labute approximate surface area is 117 Å². The molecular weight excluding hydrogens is 242 g/mol. The molecule has 0 amide bonds. The molecule has 0 heterocycles. The van der Waals surface area contributed by atoms with Gasteiger partial charge in [0.15, 0.2) is 0 Å². The standard InChI is InChI=1S/C15H29NO3/c1-4-11-16-15(3,14(17)18-5-2)10-12-19-13-8-6-7-9-13/h13,16H,4-12H2,1-3H3. The molecule has 1 N–H and O–H groups in total. The lowest BCUT2D eigenvalue weighted by atomic mass is 9.98. The number of carbonyl (C=O) groups is 1. The van der Waals surface area contributed by atoms with E-state index in [4.69, 9.17) is 9.47 Å². The number of nitrogens with one attached hydrogen (secondary N) is 1. The van der Waals surface area contributed by atoms with Gasteiger partial charge in [0.1, 0.15) is 5.54 Å². The van der Waals surface area contributed by atoms with Crippen LogP contribution in [0.15, 0.2) is 0 Å². The van der Waals surface area contributed by atoms with Crippen LogP contribution in [0, 0.1) is 0 Å². The molecule has 1 saturated carbocycles. The van der Waals surface area contributed by atoms with Crippen LogP contribution in [-0.2, 0) is 14.3 Å².